The number of carbonyl (C=O) groups excluding carboxylic acids is 1. The summed E-state index contributed by atoms with van der Waals surface area (Å²) in [5, 5.41) is 0. The molecule has 0 amide bonds. The Morgan fingerprint density at radius 3 is 2.00 bits per heavy atom. The lowest BCUT2D eigenvalue weighted by Gasteiger charge is -2.54. The molecule has 0 spiro atoms. The first-order chi connectivity index (χ1) is 13.5. The summed E-state index contributed by atoms with van der Waals surface area (Å²) < 4.78 is 28.5. The summed E-state index contributed by atoms with van der Waals surface area (Å²) in [6.45, 7) is 7.58. The van der Waals surface area contributed by atoms with Gasteiger partial charge in [0.15, 0.2) is 5.78 Å². The van der Waals surface area contributed by atoms with Crippen LogP contribution in [0.15, 0.2) is 29.2 Å². The van der Waals surface area contributed by atoms with Crippen molar-refractivity contribution in [2.75, 3.05) is 0 Å². The molecule has 1 N–H and O–H groups in total. The van der Waals surface area contributed by atoms with E-state index in [0.717, 1.165) is 17.4 Å². The summed E-state index contributed by atoms with van der Waals surface area (Å²) in [4.78, 5) is 13.4. The minimum Gasteiger partial charge on any atom is -0.298 e. The van der Waals surface area contributed by atoms with E-state index in [1.165, 1.54) is 32.1 Å². The average molecular weight is 418 g/mol. The van der Waals surface area contributed by atoms with Gasteiger partial charge in [-0.1, -0.05) is 26.0 Å². The predicted octanol–water partition coefficient (Wildman–Crippen LogP) is 4.90. The van der Waals surface area contributed by atoms with Crippen molar-refractivity contribution in [3.8, 4) is 0 Å². The molecule has 0 radical (unpaired) electrons. The summed E-state index contributed by atoms with van der Waals surface area (Å²) >= 11 is 0. The summed E-state index contributed by atoms with van der Waals surface area (Å²) in [7, 11) is -3.74. The number of Topliss-reactive ketones (excluding diaryl/α,β-unsaturated/α-hetero) is 1. The fourth-order valence-corrected chi connectivity index (χ4v) is 7.72. The van der Waals surface area contributed by atoms with E-state index in [4.69, 9.17) is 0 Å². The number of carbonyl (C=O) groups is 1. The fraction of sp³-hybridized carbons (Fsp3) is 0.708. The Labute approximate surface area is 175 Å². The van der Waals surface area contributed by atoms with Gasteiger partial charge in [-0.2, -0.15) is 4.72 Å². The quantitative estimate of drug-likeness (QED) is 0.686. The van der Waals surface area contributed by atoms with Gasteiger partial charge in [-0.05, 0) is 99.2 Å². The first kappa shape index (κ1) is 21.0. The Morgan fingerprint density at radius 2 is 1.52 bits per heavy atom. The Hall–Kier alpha value is -1.20. The minimum absolute atomic E-state index is 0.0253. The van der Waals surface area contributed by atoms with E-state index in [1.54, 1.807) is 26.0 Å². The van der Waals surface area contributed by atoms with Crippen LogP contribution in [0.1, 0.15) is 77.7 Å². The Balaban J connectivity index is 1.44. The van der Waals surface area contributed by atoms with E-state index in [-0.39, 0.29) is 10.7 Å². The summed E-state index contributed by atoms with van der Waals surface area (Å²) in [6.07, 6.45) is 7.02. The molecule has 4 bridgehead atoms. The minimum atomic E-state index is -3.74. The molecule has 0 aromatic heterocycles. The molecule has 160 valence electrons. The zero-order valence-corrected chi connectivity index (χ0v) is 19.0. The van der Waals surface area contributed by atoms with Crippen molar-refractivity contribution < 1.29 is 13.2 Å². The molecule has 0 heterocycles. The maximum absolute atomic E-state index is 13.2. The molecule has 4 aliphatic carbocycles. The molecule has 29 heavy (non-hydrogen) atoms. The third kappa shape index (κ3) is 4.18. The van der Waals surface area contributed by atoms with Gasteiger partial charge < -0.3 is 0 Å². The zero-order valence-electron chi connectivity index (χ0n) is 18.1. The molecule has 5 heteroatoms. The summed E-state index contributed by atoms with van der Waals surface area (Å²) in [6, 6.07) is 6.97. The van der Waals surface area contributed by atoms with E-state index in [9.17, 15) is 13.2 Å². The zero-order chi connectivity index (χ0) is 21.0. The Kier molecular flexibility index (Phi) is 5.44. The molecule has 1 aromatic rings. The topological polar surface area (TPSA) is 63.2 Å². The van der Waals surface area contributed by atoms with Gasteiger partial charge >= 0.3 is 0 Å². The van der Waals surface area contributed by atoms with E-state index in [1.807, 2.05) is 12.1 Å². The monoisotopic (exact) mass is 417 g/mol. The lowest BCUT2D eigenvalue weighted by molar-refractivity contribution is -0.128. The van der Waals surface area contributed by atoms with Gasteiger partial charge in [0.25, 0.3) is 0 Å². The maximum Gasteiger partial charge on any atom is 0.241 e. The molecule has 4 saturated carbocycles. The van der Waals surface area contributed by atoms with E-state index in [0.29, 0.717) is 30.1 Å². The third-order valence-electron chi connectivity index (χ3n) is 7.79. The van der Waals surface area contributed by atoms with Crippen LogP contribution in [0.25, 0.3) is 0 Å². The van der Waals surface area contributed by atoms with Crippen LogP contribution in [-0.2, 0) is 14.8 Å². The third-order valence-corrected chi connectivity index (χ3v) is 9.46. The second-order valence-corrected chi connectivity index (χ2v) is 12.4. The largest absolute Gasteiger partial charge is 0.298 e. The van der Waals surface area contributed by atoms with Crippen LogP contribution in [-0.4, -0.2) is 19.7 Å². The number of rotatable bonds is 7. The first-order valence-corrected chi connectivity index (χ1v) is 12.7. The van der Waals surface area contributed by atoms with Crippen molar-refractivity contribution >= 4 is 15.8 Å². The van der Waals surface area contributed by atoms with Gasteiger partial charge in [0.05, 0.1) is 10.4 Å². The van der Waals surface area contributed by atoms with Crippen LogP contribution in [0.5, 0.6) is 0 Å². The van der Waals surface area contributed by atoms with Crippen LogP contribution in [0, 0.1) is 29.6 Å². The van der Waals surface area contributed by atoms with Crippen molar-refractivity contribution in [2.45, 2.75) is 82.6 Å². The van der Waals surface area contributed by atoms with Crippen LogP contribution in [0.3, 0.4) is 0 Å². The molecule has 0 aliphatic heterocycles. The van der Waals surface area contributed by atoms with Gasteiger partial charge in [-0.3, -0.25) is 4.79 Å². The number of hydrogen-bond acceptors (Lipinski definition) is 3. The highest BCUT2D eigenvalue weighted by Crippen LogP contribution is 2.57. The van der Waals surface area contributed by atoms with Crippen LogP contribution in [0.2, 0.25) is 0 Å². The molecular formula is C24H35NO3S. The van der Waals surface area contributed by atoms with Gasteiger partial charge in [0, 0.05) is 6.42 Å². The molecule has 0 atom stereocenters. The van der Waals surface area contributed by atoms with E-state index < -0.39 is 15.6 Å². The first-order valence-electron chi connectivity index (χ1n) is 11.2. The SMILES string of the molecule is CC(C)c1ccc(S(=O)(=O)NC(C)(C)C(=O)CC2C3CC4CC(C3)CC2C4)cc1. The van der Waals surface area contributed by atoms with Crippen molar-refractivity contribution in [2.24, 2.45) is 29.6 Å². The average Bonchev–Trinajstić information content (AvgIpc) is 2.63. The maximum atomic E-state index is 13.2. The number of nitrogens with one attached hydrogen (secondary N) is 1. The lowest BCUT2D eigenvalue weighted by Crippen LogP contribution is -2.52. The summed E-state index contributed by atoms with van der Waals surface area (Å²) in [5.41, 5.74) is 0.00527. The normalized spacial score (nSPS) is 31.4. The van der Waals surface area contributed by atoms with Crippen LogP contribution >= 0.6 is 0 Å². The van der Waals surface area contributed by atoms with Crippen molar-refractivity contribution in [1.29, 1.82) is 0 Å². The van der Waals surface area contributed by atoms with Crippen molar-refractivity contribution in [3.63, 3.8) is 0 Å². The van der Waals surface area contributed by atoms with E-state index >= 15 is 0 Å². The number of ketones is 1. The Bertz CT molecular complexity index is 842. The fourth-order valence-electron chi connectivity index (χ4n) is 6.32. The van der Waals surface area contributed by atoms with E-state index in [2.05, 4.69) is 18.6 Å². The van der Waals surface area contributed by atoms with Crippen molar-refractivity contribution in [1.82, 2.24) is 4.72 Å². The van der Waals surface area contributed by atoms with Gasteiger partial charge in [-0.25, -0.2) is 8.42 Å². The second-order valence-electron chi connectivity index (χ2n) is 10.7. The van der Waals surface area contributed by atoms with Crippen molar-refractivity contribution in [3.05, 3.63) is 29.8 Å². The predicted molar refractivity (Wildman–Crippen MR) is 115 cm³/mol. The van der Waals surface area contributed by atoms with Gasteiger partial charge in [0.2, 0.25) is 10.0 Å². The van der Waals surface area contributed by atoms with Gasteiger partial charge in [0.1, 0.15) is 0 Å². The highest BCUT2D eigenvalue weighted by atomic mass is 32.2. The van der Waals surface area contributed by atoms with Crippen LogP contribution in [0.4, 0.5) is 0 Å². The molecule has 4 aliphatic rings. The molecular weight excluding hydrogens is 382 g/mol. The molecule has 4 nitrogen and oxygen atoms in total. The molecule has 0 saturated heterocycles. The standard InChI is InChI=1S/C24H35NO3S/c1-15(2)18-5-7-21(8-6-18)29(27,28)25-24(3,4)23(26)14-22-19-10-16-9-17(12-19)13-20(22)11-16/h5-8,15-17,19-20,22,25H,9-14H2,1-4H3. The molecule has 1 aromatic carbocycles. The van der Waals surface area contributed by atoms with Gasteiger partial charge in [-0.15, -0.1) is 0 Å². The lowest BCUT2D eigenvalue weighted by atomic mass is 9.51. The highest BCUT2D eigenvalue weighted by molar-refractivity contribution is 7.89. The molecule has 0 unspecified atom stereocenters. The molecule has 4 fully saturated rings. The molecule has 5 rings (SSSR count). The smallest absolute Gasteiger partial charge is 0.241 e. The number of hydrogen-bond donors (Lipinski definition) is 1. The number of benzene rings is 1. The van der Waals surface area contributed by atoms with Crippen LogP contribution < -0.4 is 4.72 Å². The summed E-state index contributed by atoms with van der Waals surface area (Å²) in [5.74, 6) is 3.92. The second kappa shape index (κ2) is 7.49. The Morgan fingerprint density at radius 1 is 1.00 bits per heavy atom. The number of sulfonamides is 1. The highest BCUT2D eigenvalue weighted by Gasteiger charge is 2.49.